The molecule has 0 bridgehead atoms. The van der Waals surface area contributed by atoms with E-state index in [9.17, 15) is 4.39 Å². The highest BCUT2D eigenvalue weighted by molar-refractivity contribution is 5.05. The quantitative estimate of drug-likeness (QED) is 0.632. The summed E-state index contributed by atoms with van der Waals surface area (Å²) in [5.74, 6) is 0.821. The van der Waals surface area contributed by atoms with E-state index in [1.807, 2.05) is 0 Å². The van der Waals surface area contributed by atoms with Crippen LogP contribution in [-0.2, 0) is 0 Å². The summed E-state index contributed by atoms with van der Waals surface area (Å²) in [7, 11) is 2.11. The minimum atomic E-state index is -0.640. The van der Waals surface area contributed by atoms with Gasteiger partial charge in [0.05, 0.1) is 0 Å². The Morgan fingerprint density at radius 2 is 1.81 bits per heavy atom. The van der Waals surface area contributed by atoms with Crippen molar-refractivity contribution in [1.82, 2.24) is 9.80 Å². The lowest BCUT2D eigenvalue weighted by atomic mass is 9.64. The van der Waals surface area contributed by atoms with Crippen molar-refractivity contribution >= 4 is 0 Å². The average molecular weight is 226 g/mol. The number of likely N-dealkylation sites (tertiary alicyclic amines) is 2. The van der Waals surface area contributed by atoms with E-state index in [0.29, 0.717) is 6.04 Å². The molecule has 1 aliphatic carbocycles. The number of alkyl halides is 1. The zero-order chi connectivity index (χ0) is 11.3. The molecule has 0 radical (unpaired) electrons. The van der Waals surface area contributed by atoms with Crippen LogP contribution in [0, 0.1) is 11.3 Å². The van der Waals surface area contributed by atoms with Crippen LogP contribution in [0.1, 0.15) is 32.6 Å². The zero-order valence-electron chi connectivity index (χ0n) is 10.5. The SMILES string of the molecule is CC1CCC2(CC1)CN(C1CN(C)C1)C2F. The Labute approximate surface area is 97.8 Å². The van der Waals surface area contributed by atoms with Crippen LogP contribution in [-0.4, -0.2) is 48.8 Å². The third-order valence-corrected chi connectivity index (χ3v) is 5.08. The van der Waals surface area contributed by atoms with E-state index in [1.54, 1.807) is 0 Å². The first-order valence-electron chi connectivity index (χ1n) is 6.69. The number of hydrogen-bond donors (Lipinski definition) is 0. The summed E-state index contributed by atoms with van der Waals surface area (Å²) in [6.07, 6.45) is 4.07. The van der Waals surface area contributed by atoms with E-state index < -0.39 is 6.30 Å². The molecule has 3 fully saturated rings. The van der Waals surface area contributed by atoms with Crippen LogP contribution in [0.5, 0.6) is 0 Å². The van der Waals surface area contributed by atoms with Gasteiger partial charge >= 0.3 is 0 Å². The summed E-state index contributed by atoms with van der Waals surface area (Å²) in [5.41, 5.74) is 0.0562. The lowest BCUT2D eigenvalue weighted by Crippen LogP contribution is -2.72. The van der Waals surface area contributed by atoms with Gasteiger partial charge in [0.2, 0.25) is 0 Å². The highest BCUT2D eigenvalue weighted by Crippen LogP contribution is 2.51. The van der Waals surface area contributed by atoms with Crippen LogP contribution in [0.3, 0.4) is 0 Å². The maximum Gasteiger partial charge on any atom is 0.160 e. The zero-order valence-corrected chi connectivity index (χ0v) is 10.5. The highest BCUT2D eigenvalue weighted by Gasteiger charge is 2.56. The third kappa shape index (κ3) is 1.52. The maximum absolute atomic E-state index is 14.4. The van der Waals surface area contributed by atoms with Gasteiger partial charge in [-0.15, -0.1) is 0 Å². The summed E-state index contributed by atoms with van der Waals surface area (Å²) < 4.78 is 14.4. The normalized spacial score (nSPS) is 46.7. The molecule has 16 heavy (non-hydrogen) atoms. The lowest BCUT2D eigenvalue weighted by molar-refractivity contribution is -0.204. The van der Waals surface area contributed by atoms with E-state index in [1.165, 1.54) is 12.8 Å². The molecule has 0 N–H and O–H groups in total. The Kier molecular flexibility index (Phi) is 2.52. The summed E-state index contributed by atoms with van der Waals surface area (Å²) >= 11 is 0. The Hall–Kier alpha value is -0.150. The molecule has 1 spiro atoms. The highest BCUT2D eigenvalue weighted by atomic mass is 19.1. The second-order valence-electron chi connectivity index (χ2n) is 6.43. The van der Waals surface area contributed by atoms with Crippen molar-refractivity contribution in [3.8, 4) is 0 Å². The predicted octanol–water partition coefficient (Wildman–Crippen LogP) is 2.11. The van der Waals surface area contributed by atoms with E-state index in [4.69, 9.17) is 0 Å². The molecular formula is C13H23FN2. The van der Waals surface area contributed by atoms with Gasteiger partial charge in [-0.25, -0.2) is 4.39 Å². The second-order valence-corrected chi connectivity index (χ2v) is 6.43. The van der Waals surface area contributed by atoms with Gasteiger partial charge in [-0.1, -0.05) is 6.92 Å². The minimum Gasteiger partial charge on any atom is -0.303 e. The molecule has 3 aliphatic rings. The summed E-state index contributed by atoms with van der Waals surface area (Å²) in [5, 5.41) is 0. The van der Waals surface area contributed by atoms with Gasteiger partial charge < -0.3 is 4.90 Å². The van der Waals surface area contributed by atoms with Gasteiger partial charge in [0.1, 0.15) is 0 Å². The minimum absolute atomic E-state index is 0.0562. The molecule has 1 unspecified atom stereocenters. The van der Waals surface area contributed by atoms with E-state index >= 15 is 0 Å². The van der Waals surface area contributed by atoms with Gasteiger partial charge in [-0.2, -0.15) is 0 Å². The fourth-order valence-corrected chi connectivity index (χ4v) is 3.68. The first-order chi connectivity index (χ1) is 7.61. The van der Waals surface area contributed by atoms with Crippen molar-refractivity contribution in [2.45, 2.75) is 44.9 Å². The van der Waals surface area contributed by atoms with Crippen molar-refractivity contribution in [3.63, 3.8) is 0 Å². The molecule has 1 saturated carbocycles. The van der Waals surface area contributed by atoms with Crippen LogP contribution in [0.15, 0.2) is 0 Å². The summed E-state index contributed by atoms with van der Waals surface area (Å²) in [4.78, 5) is 4.38. The number of likely N-dealkylation sites (N-methyl/N-ethyl adjacent to an activating group) is 1. The molecule has 1 atom stereocenters. The molecule has 3 heteroatoms. The van der Waals surface area contributed by atoms with Crippen LogP contribution >= 0.6 is 0 Å². The van der Waals surface area contributed by atoms with Crippen molar-refractivity contribution in [1.29, 1.82) is 0 Å². The predicted molar refractivity (Wildman–Crippen MR) is 63.0 cm³/mol. The van der Waals surface area contributed by atoms with Gasteiger partial charge in [0.25, 0.3) is 0 Å². The monoisotopic (exact) mass is 226 g/mol. The first kappa shape index (κ1) is 11.0. The molecule has 0 aromatic rings. The van der Waals surface area contributed by atoms with Crippen molar-refractivity contribution < 1.29 is 4.39 Å². The molecule has 2 nitrogen and oxygen atoms in total. The number of rotatable bonds is 1. The lowest BCUT2D eigenvalue weighted by Gasteiger charge is -2.61. The molecular weight excluding hydrogens is 203 g/mol. The number of hydrogen-bond acceptors (Lipinski definition) is 2. The van der Waals surface area contributed by atoms with E-state index in [-0.39, 0.29) is 5.41 Å². The van der Waals surface area contributed by atoms with Crippen molar-refractivity contribution in [3.05, 3.63) is 0 Å². The first-order valence-corrected chi connectivity index (χ1v) is 6.69. The van der Waals surface area contributed by atoms with Crippen LogP contribution < -0.4 is 0 Å². The van der Waals surface area contributed by atoms with Gasteiger partial charge in [-0.05, 0) is 38.6 Å². The second kappa shape index (κ2) is 3.67. The molecule has 3 rings (SSSR count). The molecule has 2 aliphatic heterocycles. The third-order valence-electron chi connectivity index (χ3n) is 5.08. The van der Waals surface area contributed by atoms with Gasteiger partial charge in [0.15, 0.2) is 6.30 Å². The smallest absolute Gasteiger partial charge is 0.160 e. The number of nitrogens with zero attached hydrogens (tertiary/aromatic N) is 2. The Morgan fingerprint density at radius 3 is 2.31 bits per heavy atom. The standard InChI is InChI=1S/C13H23FN2/c1-10-3-5-13(6-4-10)9-16(12(13)14)11-7-15(2)8-11/h10-12H,3-9H2,1-2H3. The van der Waals surface area contributed by atoms with Crippen molar-refractivity contribution in [2.24, 2.45) is 11.3 Å². The molecule has 92 valence electrons. The van der Waals surface area contributed by atoms with Crippen LogP contribution in [0.25, 0.3) is 0 Å². The molecule has 2 saturated heterocycles. The van der Waals surface area contributed by atoms with Gasteiger partial charge in [-0.3, -0.25) is 4.90 Å². The Balaban J connectivity index is 1.57. The van der Waals surface area contributed by atoms with E-state index in [2.05, 4.69) is 23.8 Å². The molecule has 0 aromatic heterocycles. The fraction of sp³-hybridized carbons (Fsp3) is 1.00. The van der Waals surface area contributed by atoms with Crippen LogP contribution in [0.2, 0.25) is 0 Å². The molecule has 0 aromatic carbocycles. The van der Waals surface area contributed by atoms with Crippen molar-refractivity contribution in [2.75, 3.05) is 26.7 Å². The fourth-order valence-electron chi connectivity index (χ4n) is 3.68. The topological polar surface area (TPSA) is 6.48 Å². The van der Waals surface area contributed by atoms with Gasteiger partial charge in [0, 0.05) is 31.1 Å². The largest absolute Gasteiger partial charge is 0.303 e. The summed E-state index contributed by atoms with van der Waals surface area (Å²) in [6, 6.07) is 0.505. The average Bonchev–Trinajstić information content (AvgIpc) is 2.24. The number of halogens is 1. The maximum atomic E-state index is 14.4. The molecule has 0 amide bonds. The molecule has 2 heterocycles. The Bertz CT molecular complexity index is 267. The Morgan fingerprint density at radius 1 is 1.19 bits per heavy atom. The van der Waals surface area contributed by atoms with E-state index in [0.717, 1.165) is 38.4 Å². The summed E-state index contributed by atoms with van der Waals surface area (Å²) in [6.45, 7) is 5.45. The van der Waals surface area contributed by atoms with Crippen LogP contribution in [0.4, 0.5) is 4.39 Å².